The van der Waals surface area contributed by atoms with E-state index >= 15 is 0 Å². The Morgan fingerprint density at radius 3 is 2.95 bits per heavy atom. The highest BCUT2D eigenvalue weighted by molar-refractivity contribution is 7.09. The van der Waals surface area contributed by atoms with Crippen molar-refractivity contribution in [3.8, 4) is 0 Å². The molecule has 3 N–H and O–H groups in total. The van der Waals surface area contributed by atoms with E-state index < -0.39 is 0 Å². The molecule has 0 aromatic carbocycles. The Bertz CT molecular complexity index is 516. The Morgan fingerprint density at radius 1 is 1.53 bits per heavy atom. The second-order valence-electron chi connectivity index (χ2n) is 4.90. The van der Waals surface area contributed by atoms with E-state index in [2.05, 4.69) is 41.8 Å². The molecule has 2 aromatic heterocycles. The summed E-state index contributed by atoms with van der Waals surface area (Å²) in [7, 11) is 0. The molecule has 4 nitrogen and oxygen atoms in total. The fourth-order valence-electron chi connectivity index (χ4n) is 2.14. The maximum Gasteiger partial charge on any atom is 0.148 e. The summed E-state index contributed by atoms with van der Waals surface area (Å²) in [5, 5.41) is 10.1. The summed E-state index contributed by atoms with van der Waals surface area (Å²) < 4.78 is 1.98. The van der Waals surface area contributed by atoms with Crippen LogP contribution < -0.4 is 11.1 Å². The van der Waals surface area contributed by atoms with E-state index in [1.807, 2.05) is 11.6 Å². The lowest BCUT2D eigenvalue weighted by Gasteiger charge is -2.16. The summed E-state index contributed by atoms with van der Waals surface area (Å²) >= 11 is 1.79. The maximum atomic E-state index is 6.11. The Balaban J connectivity index is 2.09. The van der Waals surface area contributed by atoms with Gasteiger partial charge in [-0.2, -0.15) is 5.10 Å². The molecule has 0 aliphatic rings. The van der Waals surface area contributed by atoms with Crippen molar-refractivity contribution in [1.82, 2.24) is 9.78 Å². The van der Waals surface area contributed by atoms with Gasteiger partial charge in [0.05, 0.1) is 11.4 Å². The van der Waals surface area contributed by atoms with E-state index in [9.17, 15) is 0 Å². The lowest BCUT2D eigenvalue weighted by atomic mass is 10.2. The van der Waals surface area contributed by atoms with Crippen molar-refractivity contribution in [1.29, 1.82) is 0 Å². The van der Waals surface area contributed by atoms with E-state index in [1.165, 1.54) is 4.88 Å². The highest BCUT2D eigenvalue weighted by Crippen LogP contribution is 2.24. The number of nitrogens with two attached hydrogens (primary N) is 1. The maximum absolute atomic E-state index is 6.11. The second kappa shape index (κ2) is 6.10. The molecule has 1 unspecified atom stereocenters. The molecule has 0 saturated carbocycles. The fraction of sp³-hybridized carbons (Fsp3) is 0.500. The van der Waals surface area contributed by atoms with Gasteiger partial charge in [0.25, 0.3) is 0 Å². The molecule has 0 aliphatic heterocycles. The van der Waals surface area contributed by atoms with Crippen LogP contribution in [0, 0.1) is 6.92 Å². The number of aromatic nitrogens is 2. The Labute approximate surface area is 118 Å². The van der Waals surface area contributed by atoms with E-state index in [1.54, 1.807) is 11.3 Å². The molecule has 5 heteroatoms. The third kappa shape index (κ3) is 3.29. The van der Waals surface area contributed by atoms with Gasteiger partial charge < -0.3 is 11.1 Å². The number of anilines is 2. The van der Waals surface area contributed by atoms with Crippen LogP contribution in [0.15, 0.2) is 17.5 Å². The van der Waals surface area contributed by atoms with Gasteiger partial charge in [-0.15, -0.1) is 11.3 Å². The van der Waals surface area contributed by atoms with E-state index in [4.69, 9.17) is 5.73 Å². The zero-order valence-corrected chi connectivity index (χ0v) is 12.6. The van der Waals surface area contributed by atoms with Crippen LogP contribution >= 0.6 is 11.3 Å². The van der Waals surface area contributed by atoms with Crippen LogP contribution in [-0.4, -0.2) is 15.8 Å². The number of nitrogens with one attached hydrogen (secondary N) is 1. The third-order valence-electron chi connectivity index (χ3n) is 3.08. The number of nitrogen functional groups attached to an aromatic ring is 1. The van der Waals surface area contributed by atoms with Gasteiger partial charge in [0.2, 0.25) is 0 Å². The molecule has 0 amide bonds. The van der Waals surface area contributed by atoms with Crippen LogP contribution in [0.25, 0.3) is 0 Å². The standard InChI is InChI=1S/C14H22N4S/c1-4-7-18-14(13(15)11(3)17-18)16-10(2)9-12-6-5-8-19-12/h5-6,8,10,16H,4,7,9,15H2,1-3H3. The summed E-state index contributed by atoms with van der Waals surface area (Å²) in [4.78, 5) is 1.39. The van der Waals surface area contributed by atoms with Crippen LogP contribution in [0.1, 0.15) is 30.8 Å². The molecule has 0 bridgehead atoms. The molecule has 104 valence electrons. The predicted octanol–water partition coefficient (Wildman–Crippen LogP) is 3.29. The first-order valence-electron chi connectivity index (χ1n) is 6.73. The molecule has 0 spiro atoms. The molecule has 0 saturated heterocycles. The molecule has 2 rings (SSSR count). The van der Waals surface area contributed by atoms with Crippen molar-refractivity contribution < 1.29 is 0 Å². The van der Waals surface area contributed by atoms with Crippen molar-refractivity contribution in [2.24, 2.45) is 0 Å². The highest BCUT2D eigenvalue weighted by atomic mass is 32.1. The molecule has 0 fully saturated rings. The summed E-state index contributed by atoms with van der Waals surface area (Å²) in [5.41, 5.74) is 7.78. The molecular formula is C14H22N4S. The molecule has 2 aromatic rings. The van der Waals surface area contributed by atoms with Crippen molar-refractivity contribution in [3.63, 3.8) is 0 Å². The molecule has 2 heterocycles. The number of hydrogen-bond acceptors (Lipinski definition) is 4. The molecule has 0 aliphatic carbocycles. The SMILES string of the molecule is CCCn1nc(C)c(N)c1NC(C)Cc1cccs1. The van der Waals surface area contributed by atoms with Gasteiger partial charge in [-0.1, -0.05) is 13.0 Å². The van der Waals surface area contributed by atoms with Crippen molar-refractivity contribution in [2.45, 2.75) is 46.2 Å². The first-order valence-corrected chi connectivity index (χ1v) is 7.61. The summed E-state index contributed by atoms with van der Waals surface area (Å²) in [6, 6.07) is 4.60. The summed E-state index contributed by atoms with van der Waals surface area (Å²) in [5.74, 6) is 0.961. The lowest BCUT2D eigenvalue weighted by Crippen LogP contribution is -2.21. The van der Waals surface area contributed by atoms with Crippen LogP contribution in [0.5, 0.6) is 0 Å². The normalized spacial score (nSPS) is 12.6. The topological polar surface area (TPSA) is 55.9 Å². The Hall–Kier alpha value is -1.49. The minimum absolute atomic E-state index is 0.340. The van der Waals surface area contributed by atoms with Gasteiger partial charge in [0.15, 0.2) is 0 Å². The molecule has 0 radical (unpaired) electrons. The number of aryl methyl sites for hydroxylation is 2. The van der Waals surface area contributed by atoms with Crippen LogP contribution in [0.4, 0.5) is 11.5 Å². The number of thiophene rings is 1. The zero-order valence-electron chi connectivity index (χ0n) is 11.8. The number of rotatable bonds is 6. The van der Waals surface area contributed by atoms with Crippen molar-refractivity contribution in [2.75, 3.05) is 11.1 Å². The van der Waals surface area contributed by atoms with Crippen LogP contribution in [0.2, 0.25) is 0 Å². The quantitative estimate of drug-likeness (QED) is 0.852. The smallest absolute Gasteiger partial charge is 0.148 e. The van der Waals surface area contributed by atoms with Crippen molar-refractivity contribution in [3.05, 3.63) is 28.1 Å². The minimum Gasteiger partial charge on any atom is -0.394 e. The van der Waals surface area contributed by atoms with Gasteiger partial charge in [0, 0.05) is 23.9 Å². The van der Waals surface area contributed by atoms with Crippen molar-refractivity contribution >= 4 is 22.8 Å². The van der Waals surface area contributed by atoms with Gasteiger partial charge >= 0.3 is 0 Å². The van der Waals surface area contributed by atoms with Crippen LogP contribution in [-0.2, 0) is 13.0 Å². The molecular weight excluding hydrogens is 256 g/mol. The van der Waals surface area contributed by atoms with Gasteiger partial charge in [0.1, 0.15) is 5.82 Å². The lowest BCUT2D eigenvalue weighted by molar-refractivity contribution is 0.597. The zero-order chi connectivity index (χ0) is 13.8. The fourth-order valence-corrected chi connectivity index (χ4v) is 2.97. The average Bonchev–Trinajstić information content (AvgIpc) is 2.94. The highest BCUT2D eigenvalue weighted by Gasteiger charge is 2.14. The number of hydrogen-bond donors (Lipinski definition) is 2. The second-order valence-corrected chi connectivity index (χ2v) is 5.93. The first-order chi connectivity index (χ1) is 9.11. The minimum atomic E-state index is 0.340. The van der Waals surface area contributed by atoms with E-state index in [0.717, 1.165) is 36.6 Å². The molecule has 19 heavy (non-hydrogen) atoms. The predicted molar refractivity (Wildman–Crippen MR) is 82.8 cm³/mol. The van der Waals surface area contributed by atoms with Gasteiger partial charge in [-0.25, -0.2) is 4.68 Å². The Kier molecular flexibility index (Phi) is 4.47. The number of nitrogens with zero attached hydrogens (tertiary/aromatic N) is 2. The summed E-state index contributed by atoms with van der Waals surface area (Å²) in [6.45, 7) is 7.17. The van der Waals surface area contributed by atoms with Crippen LogP contribution in [0.3, 0.4) is 0 Å². The summed E-state index contributed by atoms with van der Waals surface area (Å²) in [6.07, 6.45) is 2.06. The Morgan fingerprint density at radius 2 is 2.32 bits per heavy atom. The first kappa shape index (κ1) is 13.9. The average molecular weight is 278 g/mol. The largest absolute Gasteiger partial charge is 0.394 e. The monoisotopic (exact) mass is 278 g/mol. The molecule has 1 atom stereocenters. The van der Waals surface area contributed by atoms with Gasteiger partial charge in [-0.3, -0.25) is 0 Å². The van der Waals surface area contributed by atoms with E-state index in [-0.39, 0.29) is 0 Å². The third-order valence-corrected chi connectivity index (χ3v) is 3.98. The van der Waals surface area contributed by atoms with E-state index in [0.29, 0.717) is 6.04 Å². The van der Waals surface area contributed by atoms with Gasteiger partial charge in [-0.05, 0) is 31.7 Å².